The van der Waals surface area contributed by atoms with Gasteiger partial charge in [-0.15, -0.1) is 0 Å². The first kappa shape index (κ1) is 14.3. The Hall–Kier alpha value is -1.78. The molecule has 0 aromatic heterocycles. The Labute approximate surface area is 106 Å². The number of anilines is 1. The molecule has 0 spiro atoms. The van der Waals surface area contributed by atoms with E-state index in [-0.39, 0.29) is 23.4 Å². The van der Waals surface area contributed by atoms with Gasteiger partial charge in [0.15, 0.2) is 17.7 Å². The van der Waals surface area contributed by atoms with E-state index in [0.717, 1.165) is 6.42 Å². The number of nitrogens with one attached hydrogen (secondary N) is 1. The Morgan fingerprint density at radius 2 is 2.17 bits per heavy atom. The molecule has 1 aromatic rings. The van der Waals surface area contributed by atoms with Gasteiger partial charge in [0.2, 0.25) is 0 Å². The van der Waals surface area contributed by atoms with E-state index in [1.165, 1.54) is 18.2 Å². The molecule has 0 aliphatic heterocycles. The van der Waals surface area contributed by atoms with Crippen LogP contribution in [0.15, 0.2) is 18.2 Å². The van der Waals surface area contributed by atoms with Gasteiger partial charge in [0.05, 0.1) is 5.69 Å². The molecule has 0 aliphatic carbocycles. The van der Waals surface area contributed by atoms with Crippen molar-refractivity contribution in [1.29, 1.82) is 0 Å². The van der Waals surface area contributed by atoms with Crippen LogP contribution in [0.3, 0.4) is 0 Å². The summed E-state index contributed by atoms with van der Waals surface area (Å²) in [6, 6.07) is 4.31. The van der Waals surface area contributed by atoms with Crippen LogP contribution in [0.4, 0.5) is 10.1 Å². The van der Waals surface area contributed by atoms with Crippen molar-refractivity contribution in [3.05, 3.63) is 24.0 Å². The third kappa shape index (κ3) is 3.61. The molecular formula is C13H19FN2O2. The zero-order valence-corrected chi connectivity index (χ0v) is 10.9. The van der Waals surface area contributed by atoms with Crippen molar-refractivity contribution in [2.45, 2.75) is 39.3 Å². The van der Waals surface area contributed by atoms with Gasteiger partial charge in [-0.1, -0.05) is 13.0 Å². The van der Waals surface area contributed by atoms with Crippen LogP contribution in [0, 0.1) is 5.82 Å². The lowest BCUT2D eigenvalue weighted by Crippen LogP contribution is -2.41. The summed E-state index contributed by atoms with van der Waals surface area (Å²) in [7, 11) is 0. The van der Waals surface area contributed by atoms with E-state index in [1.54, 1.807) is 6.92 Å². The Balaban J connectivity index is 2.70. The summed E-state index contributed by atoms with van der Waals surface area (Å²) in [5.41, 5.74) is 5.78. The number of ether oxygens (including phenoxy) is 1. The van der Waals surface area contributed by atoms with Crippen LogP contribution >= 0.6 is 0 Å². The highest BCUT2D eigenvalue weighted by Gasteiger charge is 2.19. The second kappa shape index (κ2) is 6.23. The van der Waals surface area contributed by atoms with Crippen molar-refractivity contribution >= 4 is 11.6 Å². The van der Waals surface area contributed by atoms with Crippen molar-refractivity contribution in [2.75, 3.05) is 5.73 Å². The lowest BCUT2D eigenvalue weighted by atomic mass is 10.2. The van der Waals surface area contributed by atoms with Crippen LogP contribution in [0.1, 0.15) is 27.2 Å². The summed E-state index contributed by atoms with van der Waals surface area (Å²) in [5.74, 6) is -0.936. The summed E-state index contributed by atoms with van der Waals surface area (Å²) in [6.07, 6.45) is 0.0264. The minimum atomic E-state index is -0.793. The maximum atomic E-state index is 13.5. The topological polar surface area (TPSA) is 64.3 Å². The van der Waals surface area contributed by atoms with E-state index in [0.29, 0.717) is 0 Å². The fourth-order valence-corrected chi connectivity index (χ4v) is 1.34. The molecule has 100 valence electrons. The van der Waals surface area contributed by atoms with E-state index in [1.807, 2.05) is 13.8 Å². The standard InChI is InChI=1S/C13H19FN2O2/c1-4-8(2)16-13(17)9(3)18-12-10(14)6-5-7-11(12)15/h5-9H,4,15H2,1-3H3,(H,16,17). The van der Waals surface area contributed by atoms with Crippen molar-refractivity contribution < 1.29 is 13.9 Å². The maximum absolute atomic E-state index is 13.5. The number of nitrogens with two attached hydrogens (primary N) is 1. The molecule has 2 unspecified atom stereocenters. The number of hydrogen-bond donors (Lipinski definition) is 2. The first-order chi connectivity index (χ1) is 8.45. The normalized spacial score (nSPS) is 13.8. The highest BCUT2D eigenvalue weighted by atomic mass is 19.1. The lowest BCUT2D eigenvalue weighted by molar-refractivity contribution is -0.127. The van der Waals surface area contributed by atoms with Crippen molar-refractivity contribution in [3.63, 3.8) is 0 Å². The number of carbonyl (C=O) groups is 1. The second-order valence-corrected chi connectivity index (χ2v) is 4.24. The molecule has 0 saturated heterocycles. The number of rotatable bonds is 5. The molecule has 0 bridgehead atoms. The van der Waals surface area contributed by atoms with Gasteiger partial charge >= 0.3 is 0 Å². The van der Waals surface area contributed by atoms with Crippen LogP contribution in [0.25, 0.3) is 0 Å². The third-order valence-corrected chi connectivity index (χ3v) is 2.66. The van der Waals surface area contributed by atoms with Gasteiger partial charge in [-0.05, 0) is 32.4 Å². The average molecular weight is 254 g/mol. The highest BCUT2D eigenvalue weighted by Crippen LogP contribution is 2.25. The van der Waals surface area contributed by atoms with Gasteiger partial charge in [0.1, 0.15) is 0 Å². The fourth-order valence-electron chi connectivity index (χ4n) is 1.34. The van der Waals surface area contributed by atoms with Crippen molar-refractivity contribution in [3.8, 4) is 5.75 Å². The highest BCUT2D eigenvalue weighted by molar-refractivity contribution is 5.81. The molecule has 2 atom stereocenters. The van der Waals surface area contributed by atoms with Crippen LogP contribution in [0.5, 0.6) is 5.75 Å². The van der Waals surface area contributed by atoms with E-state index >= 15 is 0 Å². The van der Waals surface area contributed by atoms with Crippen LogP contribution < -0.4 is 15.8 Å². The number of benzene rings is 1. The van der Waals surface area contributed by atoms with Crippen LogP contribution in [-0.4, -0.2) is 18.1 Å². The van der Waals surface area contributed by atoms with Crippen LogP contribution in [0.2, 0.25) is 0 Å². The van der Waals surface area contributed by atoms with E-state index < -0.39 is 11.9 Å². The summed E-state index contributed by atoms with van der Waals surface area (Å²) in [5, 5.41) is 2.76. The lowest BCUT2D eigenvalue weighted by Gasteiger charge is -2.18. The van der Waals surface area contributed by atoms with E-state index in [4.69, 9.17) is 10.5 Å². The van der Waals surface area contributed by atoms with Crippen LogP contribution in [-0.2, 0) is 4.79 Å². The quantitative estimate of drug-likeness (QED) is 0.791. The molecule has 0 saturated carbocycles. The fraction of sp³-hybridized carbons (Fsp3) is 0.462. The number of carbonyl (C=O) groups excluding carboxylic acids is 1. The molecule has 1 aromatic carbocycles. The number of amides is 1. The largest absolute Gasteiger partial charge is 0.476 e. The Morgan fingerprint density at radius 1 is 1.50 bits per heavy atom. The molecule has 4 nitrogen and oxygen atoms in total. The molecule has 18 heavy (non-hydrogen) atoms. The molecule has 0 heterocycles. The van der Waals surface area contributed by atoms with Gasteiger partial charge in [0, 0.05) is 6.04 Å². The molecule has 3 N–H and O–H groups in total. The molecule has 5 heteroatoms. The predicted octanol–water partition coefficient (Wildman–Crippen LogP) is 2.09. The van der Waals surface area contributed by atoms with Gasteiger partial charge in [-0.3, -0.25) is 4.79 Å². The predicted molar refractivity (Wildman–Crippen MR) is 68.8 cm³/mol. The molecule has 0 fully saturated rings. The summed E-state index contributed by atoms with van der Waals surface area (Å²) in [4.78, 5) is 11.7. The molecular weight excluding hydrogens is 235 g/mol. The molecule has 1 amide bonds. The molecule has 0 radical (unpaired) electrons. The minimum Gasteiger partial charge on any atom is -0.476 e. The first-order valence-corrected chi connectivity index (χ1v) is 5.96. The number of para-hydroxylation sites is 1. The zero-order valence-electron chi connectivity index (χ0n) is 10.9. The zero-order chi connectivity index (χ0) is 13.7. The second-order valence-electron chi connectivity index (χ2n) is 4.24. The van der Waals surface area contributed by atoms with Gasteiger partial charge in [-0.2, -0.15) is 0 Å². The molecule has 1 rings (SSSR count). The van der Waals surface area contributed by atoms with E-state index in [9.17, 15) is 9.18 Å². The minimum absolute atomic E-state index is 0.0570. The molecule has 0 aliphatic rings. The number of halogens is 1. The summed E-state index contributed by atoms with van der Waals surface area (Å²) < 4.78 is 18.7. The van der Waals surface area contributed by atoms with Crippen molar-refractivity contribution in [2.24, 2.45) is 0 Å². The van der Waals surface area contributed by atoms with Gasteiger partial charge in [-0.25, -0.2) is 4.39 Å². The number of nitrogen functional groups attached to an aromatic ring is 1. The SMILES string of the molecule is CCC(C)NC(=O)C(C)Oc1c(N)cccc1F. The van der Waals surface area contributed by atoms with E-state index in [2.05, 4.69) is 5.32 Å². The summed E-state index contributed by atoms with van der Waals surface area (Å²) >= 11 is 0. The maximum Gasteiger partial charge on any atom is 0.260 e. The third-order valence-electron chi connectivity index (χ3n) is 2.66. The Bertz CT molecular complexity index is 403. The van der Waals surface area contributed by atoms with Crippen molar-refractivity contribution in [1.82, 2.24) is 5.32 Å². The first-order valence-electron chi connectivity index (χ1n) is 5.96. The number of hydrogen-bond acceptors (Lipinski definition) is 3. The Morgan fingerprint density at radius 3 is 2.72 bits per heavy atom. The average Bonchev–Trinajstić information content (AvgIpc) is 2.33. The van der Waals surface area contributed by atoms with Gasteiger partial charge in [0.25, 0.3) is 5.91 Å². The monoisotopic (exact) mass is 254 g/mol. The van der Waals surface area contributed by atoms with Gasteiger partial charge < -0.3 is 15.8 Å². The Kier molecular flexibility index (Phi) is 4.95. The summed E-state index contributed by atoms with van der Waals surface area (Å²) in [6.45, 7) is 5.41. The smallest absolute Gasteiger partial charge is 0.260 e.